The quantitative estimate of drug-likeness (QED) is 0.0126. The van der Waals surface area contributed by atoms with Crippen molar-refractivity contribution in [3.05, 3.63) is 287 Å². The van der Waals surface area contributed by atoms with E-state index in [9.17, 15) is 43.5 Å². The fourth-order valence-electron chi connectivity index (χ4n) is 14.9. The first-order valence-electron chi connectivity index (χ1n) is 38.1. The number of hydrogen-bond donors (Lipinski definition) is 7. The normalized spacial score (nSPS) is 18.2. The average Bonchev–Trinajstić information content (AvgIpc) is 1.64. The number of nitrogens with one attached hydrogen (secondary N) is 3. The van der Waals surface area contributed by atoms with E-state index >= 15 is 0 Å². The Morgan fingerprint density at radius 2 is 0.528 bits per heavy atom. The first kappa shape index (κ1) is 88.5. The summed E-state index contributed by atoms with van der Waals surface area (Å²) in [5.41, 5.74) is 24.1. The number of esters is 2. The third-order valence-electron chi connectivity index (χ3n) is 21.3. The predicted octanol–water partition coefficient (Wildman–Crippen LogP) is 16.4. The van der Waals surface area contributed by atoms with Gasteiger partial charge in [0, 0.05) is 20.0 Å². The van der Waals surface area contributed by atoms with Gasteiger partial charge in [0.15, 0.2) is 0 Å². The lowest BCUT2D eigenvalue weighted by atomic mass is 9.76. The summed E-state index contributed by atoms with van der Waals surface area (Å²) in [5, 5.41) is 17.8. The van der Waals surface area contributed by atoms with Gasteiger partial charge in [-0.3, -0.25) is 43.7 Å². The Balaban J connectivity index is 0.000000254. The zero-order chi connectivity index (χ0) is 79.2. The molecule has 2 fully saturated rings. The van der Waals surface area contributed by atoms with Crippen LogP contribution in [0, 0.1) is 47.3 Å². The second-order valence-corrected chi connectivity index (χ2v) is 28.8. The van der Waals surface area contributed by atoms with Crippen LogP contribution in [0.15, 0.2) is 243 Å². The number of carboxylic acids is 1. The number of carbonyl (C=O) groups excluding carboxylic acids is 7. The Hall–Kier alpha value is -10.2. The summed E-state index contributed by atoms with van der Waals surface area (Å²) >= 11 is 0. The van der Waals surface area contributed by atoms with E-state index in [-0.39, 0.29) is 107 Å². The molecule has 108 heavy (non-hydrogen) atoms. The van der Waals surface area contributed by atoms with Gasteiger partial charge >= 0.3 is 17.9 Å². The van der Waals surface area contributed by atoms with Crippen LogP contribution in [0.3, 0.4) is 0 Å². The molecule has 8 aromatic carbocycles. The van der Waals surface area contributed by atoms with Crippen molar-refractivity contribution in [2.45, 2.75) is 154 Å². The summed E-state index contributed by atoms with van der Waals surface area (Å²) in [6.07, 6.45) is 4.75. The minimum absolute atomic E-state index is 0.0616. The fourth-order valence-corrected chi connectivity index (χ4v) is 14.9. The van der Waals surface area contributed by atoms with Gasteiger partial charge in [-0.15, -0.1) is 0 Å². The molecule has 8 aromatic rings. The summed E-state index contributed by atoms with van der Waals surface area (Å²) < 4.78 is 4.98. The predicted molar refractivity (Wildman–Crippen MR) is 433 cm³/mol. The monoisotopic (exact) mass is 1470 g/mol. The van der Waals surface area contributed by atoms with Crippen LogP contribution in [0.25, 0.3) is 0 Å². The van der Waals surface area contributed by atoms with Crippen LogP contribution in [0.4, 0.5) is 0 Å². The van der Waals surface area contributed by atoms with Crippen LogP contribution in [-0.2, 0) is 43.1 Å². The number of carbonyl (C=O) groups is 8. The van der Waals surface area contributed by atoms with Crippen molar-refractivity contribution in [2.24, 2.45) is 64.5 Å². The van der Waals surface area contributed by atoms with E-state index in [0.29, 0.717) is 51.4 Å². The van der Waals surface area contributed by atoms with Crippen molar-refractivity contribution in [3.8, 4) is 0 Å². The van der Waals surface area contributed by atoms with Gasteiger partial charge in [0.05, 0.1) is 41.4 Å². The van der Waals surface area contributed by atoms with Gasteiger partial charge in [-0.05, 0) is 157 Å². The number of cyclic esters (lactones) is 2. The molecule has 16 nitrogen and oxygen atoms in total. The molecule has 0 radical (unpaired) electrons. The second-order valence-electron chi connectivity index (χ2n) is 28.8. The first-order chi connectivity index (χ1) is 52.0. The Morgan fingerprint density at radius 1 is 0.333 bits per heavy atom. The van der Waals surface area contributed by atoms with E-state index < -0.39 is 35.5 Å². The Morgan fingerprint density at radius 3 is 0.741 bits per heavy atom. The largest absolute Gasteiger partial charge is 0.481 e. The van der Waals surface area contributed by atoms with Crippen LogP contribution in [0.5, 0.6) is 0 Å². The number of carboxylic acid groups (broad SMARTS) is 1. The topological polar surface area (TPSA) is 280 Å². The maximum absolute atomic E-state index is 12.6. The molecular weight excluding hydrogens is 1350 g/mol. The summed E-state index contributed by atoms with van der Waals surface area (Å²) in [6, 6.07) is 80.5. The van der Waals surface area contributed by atoms with Crippen LogP contribution >= 0.6 is 0 Å². The van der Waals surface area contributed by atoms with Crippen molar-refractivity contribution in [2.75, 3.05) is 28.2 Å². The van der Waals surface area contributed by atoms with Crippen molar-refractivity contribution in [1.82, 2.24) is 16.0 Å². The standard InChI is InChI=1S/C23H30N2O2.C23H29NO3.C22H25NO2.C22H24O3.2CH5N/c1-16(18-10-6-4-7-11-18)14-20(22(24)26)21(23(27)25-3)15-17(2)19-12-8-5-9-13-19;1-16(18-10-6-4-7-11-18)14-20(22(25)24-3)21(23(26)27)15-17(2)19-12-8-5-9-13-19;1-15(17-9-5-3-6-10-17)13-19-20(22(25)23-21(19)24)14-16(2)18-11-7-4-8-12-18;1-15(17-9-5-3-6-10-17)13-19-20(22(24)25-21(19)23)14-16(2)18-11-7-4-8-12-18;2*1-2/h4-13,16-17,20-21H,14-15H2,1-3H3,(H2,24,26)(H,25,27);4-13,16-17,20-21H,14-15H2,1-3H3,(H,24,25)(H,26,27);3-12,15-16,19-20H,13-14H2,1-2H3,(H,23,24,25);3-12,15-16,19-20H,13-14H2,1-2H3;2*2H2,1H3. The minimum atomic E-state index is -0.911. The molecule has 2 aliphatic heterocycles. The van der Waals surface area contributed by atoms with Crippen molar-refractivity contribution in [3.63, 3.8) is 0 Å². The van der Waals surface area contributed by atoms with Gasteiger partial charge in [-0.1, -0.05) is 298 Å². The van der Waals surface area contributed by atoms with E-state index in [2.05, 4.69) is 130 Å². The van der Waals surface area contributed by atoms with Crippen LogP contribution in [-0.4, -0.2) is 80.7 Å². The number of imide groups is 1. The number of aliphatic carboxylic acids is 1. The maximum atomic E-state index is 12.6. The first-order valence-corrected chi connectivity index (χ1v) is 38.1. The molecule has 2 heterocycles. The summed E-state index contributed by atoms with van der Waals surface area (Å²) in [4.78, 5) is 98.7. The lowest BCUT2D eigenvalue weighted by molar-refractivity contribution is -0.154. The highest BCUT2D eigenvalue weighted by Gasteiger charge is 2.46. The lowest BCUT2D eigenvalue weighted by Crippen LogP contribution is -2.40. The SMILES string of the molecule is CC(CC1C(=O)NC(=O)C1CC(C)c1ccccc1)c1ccccc1.CC(CC1C(=O)OC(=O)C1CC(C)c1ccccc1)c1ccccc1.CN.CN.CNC(=O)C(CC(C)c1ccccc1)C(CC(C)c1ccccc1)C(=O)O.CNC(=O)C(CC(C)c1ccccc1)C(CC(C)c1ccccc1)C(N)=O. The highest BCUT2D eigenvalue weighted by Crippen LogP contribution is 2.41. The number of hydrogen-bond acceptors (Lipinski definition) is 11. The molecule has 0 aliphatic carbocycles. The summed E-state index contributed by atoms with van der Waals surface area (Å²) in [5.74, 6) is -4.68. The average molecular weight is 1470 g/mol. The number of primary amides is 1. The van der Waals surface area contributed by atoms with Gasteiger partial charge in [-0.2, -0.15) is 0 Å². The molecule has 0 saturated carbocycles. The Bertz CT molecular complexity index is 3570. The van der Waals surface area contributed by atoms with E-state index in [1.807, 2.05) is 196 Å². The maximum Gasteiger partial charge on any atom is 0.317 e. The molecule has 16 atom stereocenters. The van der Waals surface area contributed by atoms with E-state index in [0.717, 1.165) is 22.3 Å². The summed E-state index contributed by atoms with van der Waals surface area (Å²) in [6.45, 7) is 16.7. The molecule has 2 aliphatic rings. The molecule has 16 unspecified atom stereocenters. The molecule has 10 rings (SSSR count). The van der Waals surface area contributed by atoms with Crippen molar-refractivity contribution < 1.29 is 48.2 Å². The molecular formula is C92H118N6O10. The van der Waals surface area contributed by atoms with E-state index in [4.69, 9.17) is 10.5 Å². The van der Waals surface area contributed by atoms with Gasteiger partial charge in [-0.25, -0.2) is 0 Å². The van der Waals surface area contributed by atoms with Crippen LogP contribution in [0.1, 0.15) is 199 Å². The van der Waals surface area contributed by atoms with Gasteiger partial charge in [0.25, 0.3) is 0 Å². The van der Waals surface area contributed by atoms with E-state index in [1.165, 1.54) is 36.3 Å². The molecule has 576 valence electrons. The van der Waals surface area contributed by atoms with Crippen molar-refractivity contribution >= 4 is 47.4 Å². The van der Waals surface area contributed by atoms with E-state index in [1.54, 1.807) is 14.1 Å². The van der Waals surface area contributed by atoms with Crippen molar-refractivity contribution in [1.29, 1.82) is 0 Å². The number of ether oxygens (including phenoxy) is 1. The zero-order valence-electron chi connectivity index (χ0n) is 65.3. The van der Waals surface area contributed by atoms with Gasteiger partial charge in [0.2, 0.25) is 29.5 Å². The molecule has 0 spiro atoms. The smallest absolute Gasteiger partial charge is 0.317 e. The summed E-state index contributed by atoms with van der Waals surface area (Å²) in [7, 11) is 6.18. The number of rotatable bonds is 30. The molecule has 2 saturated heterocycles. The lowest BCUT2D eigenvalue weighted by Gasteiger charge is -2.28. The highest BCUT2D eigenvalue weighted by atomic mass is 16.6. The Labute approximate surface area is 642 Å². The number of amides is 5. The number of benzene rings is 8. The van der Waals surface area contributed by atoms with Gasteiger partial charge in [0.1, 0.15) is 0 Å². The second kappa shape index (κ2) is 46.8. The molecule has 0 bridgehead atoms. The minimum Gasteiger partial charge on any atom is -0.481 e. The third-order valence-corrected chi connectivity index (χ3v) is 21.3. The molecule has 0 aromatic heterocycles. The molecule has 5 amide bonds. The number of nitrogens with two attached hydrogens (primary N) is 3. The zero-order valence-corrected chi connectivity index (χ0v) is 65.3. The fraction of sp³-hybridized carbons (Fsp3) is 0.391. The highest BCUT2D eigenvalue weighted by molar-refractivity contribution is 6.05. The van der Waals surface area contributed by atoms with Gasteiger partial charge < -0.3 is 37.7 Å². The molecule has 10 N–H and O–H groups in total. The van der Waals surface area contributed by atoms with Crippen LogP contribution < -0.4 is 33.2 Å². The third kappa shape index (κ3) is 27.3. The van der Waals surface area contributed by atoms with Crippen LogP contribution in [0.2, 0.25) is 0 Å². The Kier molecular flexibility index (Phi) is 38.3. The molecule has 16 heteroatoms.